The molecule has 0 bridgehead atoms. The highest BCUT2D eigenvalue weighted by molar-refractivity contribution is 6.15. The van der Waals surface area contributed by atoms with Crippen molar-refractivity contribution in [3.8, 4) is 17.2 Å². The summed E-state index contributed by atoms with van der Waals surface area (Å²) in [7, 11) is 2.82. The van der Waals surface area contributed by atoms with Gasteiger partial charge in [-0.05, 0) is 44.9 Å². The smallest absolute Gasteiger partial charge is 0.343 e. The van der Waals surface area contributed by atoms with Crippen molar-refractivity contribution in [3.05, 3.63) is 76.4 Å². The highest BCUT2D eigenvalue weighted by atomic mass is 16.5. The number of allylic oxidation sites excluding steroid dienone is 3. The Kier molecular flexibility index (Phi) is 7.73. The van der Waals surface area contributed by atoms with Gasteiger partial charge in [0.25, 0.3) is 0 Å². The predicted octanol–water partition coefficient (Wildman–Crippen LogP) is 7.05. The van der Waals surface area contributed by atoms with Crippen LogP contribution in [0.2, 0.25) is 0 Å². The monoisotopic (exact) mass is 518 g/mol. The quantitative estimate of drug-likeness (QED) is 0.337. The fourth-order valence-electron chi connectivity index (χ4n) is 5.61. The largest absolute Gasteiger partial charge is 0.495 e. The van der Waals surface area contributed by atoms with Crippen LogP contribution in [-0.4, -0.2) is 36.7 Å². The van der Waals surface area contributed by atoms with E-state index in [2.05, 4.69) is 45.9 Å². The van der Waals surface area contributed by atoms with Gasteiger partial charge in [0.05, 0.1) is 14.2 Å². The van der Waals surface area contributed by atoms with Gasteiger partial charge >= 0.3 is 5.97 Å². The van der Waals surface area contributed by atoms with E-state index < -0.39 is 11.6 Å². The molecule has 6 heteroatoms. The number of carbonyl (C=O) groups excluding carboxylic acids is 1. The summed E-state index contributed by atoms with van der Waals surface area (Å²) in [6, 6.07) is 8.80. The number of rotatable bonds is 5. The molecule has 0 fully saturated rings. The first-order valence-corrected chi connectivity index (χ1v) is 13.2. The summed E-state index contributed by atoms with van der Waals surface area (Å²) in [6.45, 7) is 8.70. The van der Waals surface area contributed by atoms with Crippen molar-refractivity contribution in [2.75, 3.05) is 14.2 Å². The fourth-order valence-corrected chi connectivity index (χ4v) is 5.61. The molecule has 2 aromatic rings. The normalized spacial score (nSPS) is 24.8. The van der Waals surface area contributed by atoms with E-state index in [1.54, 1.807) is 24.3 Å². The first kappa shape index (κ1) is 27.5. The van der Waals surface area contributed by atoms with Gasteiger partial charge in [-0.15, -0.1) is 0 Å². The van der Waals surface area contributed by atoms with Crippen molar-refractivity contribution >= 4 is 11.8 Å². The maximum atomic E-state index is 13.9. The standard InChI is InChI=1S/C32H38O6/c1-20-13-14-22-19-23-27(36-5)25(30(34)35)29(37-6)24(26(33)21-11-8-7-9-12-21)28(23)38-32(22,4)17-10-16-31(2,3)18-15-20/h7-12,15-16,22H,13-14,17-19H2,1-6H3,(H,34,35)/b16-10+,20-15+. The second-order valence-electron chi connectivity index (χ2n) is 11.3. The maximum absolute atomic E-state index is 13.9. The summed E-state index contributed by atoms with van der Waals surface area (Å²) >= 11 is 0. The number of carbonyl (C=O) groups is 2. The molecule has 2 unspecified atom stereocenters. The van der Waals surface area contributed by atoms with E-state index in [-0.39, 0.29) is 39.7 Å². The number of ketones is 1. The lowest BCUT2D eigenvalue weighted by Crippen LogP contribution is -2.45. The van der Waals surface area contributed by atoms with Crippen molar-refractivity contribution in [1.82, 2.24) is 0 Å². The third kappa shape index (κ3) is 5.22. The van der Waals surface area contributed by atoms with Gasteiger partial charge in [0.2, 0.25) is 5.78 Å². The molecule has 1 aliphatic carbocycles. The van der Waals surface area contributed by atoms with Crippen LogP contribution in [0, 0.1) is 11.3 Å². The number of carboxylic acids is 1. The van der Waals surface area contributed by atoms with Gasteiger partial charge in [-0.3, -0.25) is 4.79 Å². The lowest BCUT2D eigenvalue weighted by Gasteiger charge is -2.44. The summed E-state index contributed by atoms with van der Waals surface area (Å²) in [5.74, 6) is -0.995. The molecule has 202 valence electrons. The minimum absolute atomic E-state index is 0.0152. The molecule has 1 heterocycles. The average molecular weight is 519 g/mol. The summed E-state index contributed by atoms with van der Waals surface area (Å²) in [5, 5.41) is 10.2. The third-order valence-corrected chi connectivity index (χ3v) is 7.95. The molecule has 6 nitrogen and oxygen atoms in total. The summed E-state index contributed by atoms with van der Waals surface area (Å²) < 4.78 is 18.2. The van der Waals surface area contributed by atoms with Gasteiger partial charge in [-0.2, -0.15) is 0 Å². The molecule has 0 amide bonds. The molecule has 0 spiro atoms. The number of benzene rings is 2. The second-order valence-corrected chi connectivity index (χ2v) is 11.3. The number of aromatic carboxylic acids is 1. The zero-order valence-electron chi connectivity index (χ0n) is 23.2. The van der Waals surface area contributed by atoms with Gasteiger partial charge in [0.1, 0.15) is 28.2 Å². The van der Waals surface area contributed by atoms with Crippen LogP contribution < -0.4 is 14.2 Å². The molecule has 0 saturated heterocycles. The minimum Gasteiger partial charge on any atom is -0.495 e. The fraction of sp³-hybridized carbons (Fsp3) is 0.438. The van der Waals surface area contributed by atoms with Crippen LogP contribution >= 0.6 is 0 Å². The van der Waals surface area contributed by atoms with Crippen LogP contribution in [0.25, 0.3) is 0 Å². The predicted molar refractivity (Wildman–Crippen MR) is 148 cm³/mol. The molecular weight excluding hydrogens is 480 g/mol. The topological polar surface area (TPSA) is 82.1 Å². The SMILES string of the molecule is COc1c2c(c(C(=O)c3ccccc3)c(OC)c1C(=O)O)OC1(C)C/C=C/C(C)(C)C/C=C(\C)CCC1C2. The molecular formula is C32H38O6. The Morgan fingerprint density at radius 2 is 1.68 bits per heavy atom. The van der Waals surface area contributed by atoms with E-state index in [1.165, 1.54) is 19.8 Å². The van der Waals surface area contributed by atoms with Crippen LogP contribution in [0.1, 0.15) is 85.2 Å². The van der Waals surface area contributed by atoms with E-state index in [1.807, 2.05) is 6.07 Å². The molecule has 1 N–H and O–H groups in total. The van der Waals surface area contributed by atoms with E-state index in [0.29, 0.717) is 29.7 Å². The average Bonchev–Trinajstić information content (AvgIpc) is 2.90. The Morgan fingerprint density at radius 3 is 2.32 bits per heavy atom. The van der Waals surface area contributed by atoms with Crippen LogP contribution in [-0.2, 0) is 6.42 Å². The van der Waals surface area contributed by atoms with Crippen LogP contribution in [0.5, 0.6) is 17.2 Å². The molecule has 0 saturated carbocycles. The van der Waals surface area contributed by atoms with Gasteiger partial charge in [0.15, 0.2) is 5.75 Å². The van der Waals surface area contributed by atoms with Gasteiger partial charge in [0, 0.05) is 23.5 Å². The Hall–Kier alpha value is -3.54. The number of hydrogen-bond acceptors (Lipinski definition) is 5. The van der Waals surface area contributed by atoms with Crippen LogP contribution in [0.4, 0.5) is 0 Å². The Bertz CT molecular complexity index is 1290. The zero-order valence-corrected chi connectivity index (χ0v) is 23.2. The van der Waals surface area contributed by atoms with E-state index in [9.17, 15) is 14.7 Å². The first-order chi connectivity index (χ1) is 18.0. The van der Waals surface area contributed by atoms with Crippen molar-refractivity contribution in [2.24, 2.45) is 11.3 Å². The summed E-state index contributed by atoms with van der Waals surface area (Å²) in [6.07, 6.45) is 10.7. The van der Waals surface area contributed by atoms with E-state index in [0.717, 1.165) is 19.3 Å². The van der Waals surface area contributed by atoms with Crippen molar-refractivity contribution in [3.63, 3.8) is 0 Å². The zero-order chi connectivity index (χ0) is 27.7. The number of carboxylic acid groups (broad SMARTS) is 1. The van der Waals surface area contributed by atoms with Gasteiger partial charge < -0.3 is 19.3 Å². The molecule has 1 aliphatic heterocycles. The lowest BCUT2D eigenvalue weighted by molar-refractivity contribution is 0.00638. The Morgan fingerprint density at radius 1 is 1.00 bits per heavy atom. The molecule has 2 aromatic carbocycles. The lowest BCUT2D eigenvalue weighted by atomic mass is 9.74. The summed E-state index contributed by atoms with van der Waals surface area (Å²) in [5.41, 5.74) is 1.73. The third-order valence-electron chi connectivity index (χ3n) is 7.95. The van der Waals surface area contributed by atoms with Crippen molar-refractivity contribution < 1.29 is 28.9 Å². The molecule has 2 aliphatic rings. The number of methoxy groups -OCH3 is 2. The van der Waals surface area contributed by atoms with Gasteiger partial charge in [-0.1, -0.05) is 68.0 Å². The van der Waals surface area contributed by atoms with Gasteiger partial charge in [-0.25, -0.2) is 4.79 Å². The highest BCUT2D eigenvalue weighted by Gasteiger charge is 2.45. The minimum atomic E-state index is -1.22. The summed E-state index contributed by atoms with van der Waals surface area (Å²) in [4.78, 5) is 26.4. The maximum Gasteiger partial charge on any atom is 0.343 e. The highest BCUT2D eigenvalue weighted by Crippen LogP contribution is 2.52. The number of ether oxygens (including phenoxy) is 3. The molecule has 0 aromatic heterocycles. The first-order valence-electron chi connectivity index (χ1n) is 13.2. The number of fused-ring (bicyclic) bond motifs is 2. The van der Waals surface area contributed by atoms with Crippen molar-refractivity contribution in [2.45, 2.75) is 65.4 Å². The molecule has 2 atom stereocenters. The molecule has 38 heavy (non-hydrogen) atoms. The van der Waals surface area contributed by atoms with Crippen LogP contribution in [0.15, 0.2) is 54.1 Å². The Labute approximate surface area is 225 Å². The van der Waals surface area contributed by atoms with E-state index >= 15 is 0 Å². The Balaban J connectivity index is 1.96. The van der Waals surface area contributed by atoms with Crippen molar-refractivity contribution in [1.29, 1.82) is 0 Å². The van der Waals surface area contributed by atoms with Crippen LogP contribution in [0.3, 0.4) is 0 Å². The second kappa shape index (κ2) is 10.7. The number of hydrogen-bond donors (Lipinski definition) is 1. The molecule has 4 rings (SSSR count). The molecule has 0 radical (unpaired) electrons. The van der Waals surface area contributed by atoms with E-state index in [4.69, 9.17) is 14.2 Å².